The van der Waals surface area contributed by atoms with E-state index in [9.17, 15) is 19.1 Å². The van der Waals surface area contributed by atoms with Crippen molar-refractivity contribution in [1.82, 2.24) is 15.2 Å². The quantitative estimate of drug-likeness (QED) is 0.543. The van der Waals surface area contributed by atoms with E-state index in [1.807, 2.05) is 0 Å². The predicted octanol–water partition coefficient (Wildman–Crippen LogP) is 3.72. The number of nitrogens with zero attached hydrogens (tertiary/aromatic N) is 2. The van der Waals surface area contributed by atoms with Gasteiger partial charge >= 0.3 is 6.03 Å². The summed E-state index contributed by atoms with van der Waals surface area (Å²) in [7, 11) is 0. The lowest BCUT2D eigenvalue weighted by Gasteiger charge is -2.13. The number of carbonyl (C=O) groups is 2. The molecule has 1 saturated heterocycles. The molecule has 1 atom stereocenters. The van der Waals surface area contributed by atoms with Gasteiger partial charge < -0.3 is 25.4 Å². The molecule has 10 heteroatoms. The average Bonchev–Trinajstić information content (AvgIpc) is 3.28. The fourth-order valence-electron chi connectivity index (χ4n) is 3.54. The number of ether oxygens (including phenoxy) is 1. The molecule has 1 unspecified atom stereocenters. The Morgan fingerprint density at radius 2 is 2.03 bits per heavy atom. The Morgan fingerprint density at radius 1 is 1.19 bits per heavy atom. The Bertz CT molecular complexity index is 1200. The number of nitrogens with one attached hydrogen (secondary N) is 2. The summed E-state index contributed by atoms with van der Waals surface area (Å²) in [5.41, 5.74) is 0.899. The number of hydrogen-bond acceptors (Lipinski definition) is 6. The zero-order valence-electron chi connectivity index (χ0n) is 17.0. The number of hydrogen-bond donors (Lipinski definition) is 3. The molecular formula is C22H21FN4O4S. The zero-order chi connectivity index (χ0) is 22.2. The van der Waals surface area contributed by atoms with Gasteiger partial charge in [0.25, 0.3) is 5.91 Å². The average molecular weight is 456 g/mol. The van der Waals surface area contributed by atoms with Gasteiger partial charge in [-0.1, -0.05) is 0 Å². The molecular weight excluding hydrogens is 435 g/mol. The number of rotatable bonds is 5. The number of aliphatic hydroxyl groups is 1. The third-order valence-corrected chi connectivity index (χ3v) is 6.49. The number of halogens is 1. The maximum atomic E-state index is 14.6. The van der Waals surface area contributed by atoms with Crippen LogP contribution in [-0.2, 0) is 0 Å². The number of carbonyl (C=O) groups excluding carboxylic acids is 2. The number of urea groups is 1. The van der Waals surface area contributed by atoms with Gasteiger partial charge in [0.2, 0.25) is 0 Å². The van der Waals surface area contributed by atoms with Crippen LogP contribution in [0.3, 0.4) is 0 Å². The van der Waals surface area contributed by atoms with Crippen molar-refractivity contribution in [2.75, 3.05) is 18.4 Å². The van der Waals surface area contributed by atoms with Gasteiger partial charge in [-0.3, -0.25) is 9.78 Å². The summed E-state index contributed by atoms with van der Waals surface area (Å²) < 4.78 is 21.1. The molecule has 2 fully saturated rings. The number of anilines is 1. The van der Waals surface area contributed by atoms with Gasteiger partial charge in [0, 0.05) is 43.1 Å². The Labute approximate surface area is 187 Å². The van der Waals surface area contributed by atoms with Crippen molar-refractivity contribution >= 4 is 39.2 Å². The standard InChI is InChI=1S/C22H21FN4O4S/c23-15-9-13(26-22(30)25-12-1-2-12)3-4-17(15)31-18-5-7-24-16-10-19(32-20(16)18)21(29)27-8-6-14(28)11-27/h3-5,7,9-10,12,14,28H,1-2,6,8,11H2,(H2,25,26,30). The molecule has 0 bridgehead atoms. The van der Waals surface area contributed by atoms with Crippen LogP contribution >= 0.6 is 11.3 Å². The molecule has 3 N–H and O–H groups in total. The second-order valence-electron chi connectivity index (χ2n) is 7.95. The van der Waals surface area contributed by atoms with E-state index < -0.39 is 11.9 Å². The summed E-state index contributed by atoms with van der Waals surface area (Å²) in [6.07, 6.45) is 3.53. The largest absolute Gasteiger partial charge is 0.453 e. The molecule has 3 amide bonds. The first-order valence-corrected chi connectivity index (χ1v) is 11.2. The van der Waals surface area contributed by atoms with Crippen molar-refractivity contribution in [2.45, 2.75) is 31.4 Å². The second kappa shape index (κ2) is 8.36. The van der Waals surface area contributed by atoms with Crippen LogP contribution in [0.1, 0.15) is 28.9 Å². The van der Waals surface area contributed by atoms with E-state index in [4.69, 9.17) is 4.74 Å². The van der Waals surface area contributed by atoms with E-state index in [2.05, 4.69) is 15.6 Å². The fraction of sp³-hybridized carbons (Fsp3) is 0.318. The number of pyridine rings is 1. The number of β-amino-alcohol motifs (C(OH)–C–C–N with tert-alkyl or cyclic N) is 1. The first kappa shape index (κ1) is 20.7. The summed E-state index contributed by atoms with van der Waals surface area (Å²) in [5, 5.41) is 15.1. The highest BCUT2D eigenvalue weighted by atomic mass is 32.1. The Hall–Kier alpha value is -3.24. The highest BCUT2D eigenvalue weighted by Crippen LogP contribution is 2.36. The fourth-order valence-corrected chi connectivity index (χ4v) is 4.58. The summed E-state index contributed by atoms with van der Waals surface area (Å²) in [5.74, 6) is -0.416. The van der Waals surface area contributed by atoms with Crippen molar-refractivity contribution < 1.29 is 23.8 Å². The van der Waals surface area contributed by atoms with Crippen LogP contribution in [0.5, 0.6) is 11.5 Å². The topological polar surface area (TPSA) is 104 Å². The molecule has 0 radical (unpaired) electrons. The highest BCUT2D eigenvalue weighted by Gasteiger charge is 2.27. The minimum Gasteiger partial charge on any atom is -0.453 e. The first-order chi connectivity index (χ1) is 15.5. The van der Waals surface area contributed by atoms with Gasteiger partial charge in [0.05, 0.1) is 21.2 Å². The first-order valence-electron chi connectivity index (χ1n) is 10.4. The molecule has 2 aromatic heterocycles. The van der Waals surface area contributed by atoms with Gasteiger partial charge in [0.1, 0.15) is 5.75 Å². The van der Waals surface area contributed by atoms with Crippen LogP contribution in [0.2, 0.25) is 0 Å². The summed E-state index contributed by atoms with van der Waals surface area (Å²) in [4.78, 5) is 31.0. The third kappa shape index (κ3) is 4.37. The number of fused-ring (bicyclic) bond motifs is 1. The van der Waals surface area contributed by atoms with Crippen molar-refractivity contribution in [3.63, 3.8) is 0 Å². The van der Waals surface area contributed by atoms with E-state index >= 15 is 0 Å². The van der Waals surface area contributed by atoms with E-state index in [1.54, 1.807) is 23.1 Å². The molecule has 8 nitrogen and oxygen atoms in total. The Balaban J connectivity index is 1.34. The zero-order valence-corrected chi connectivity index (χ0v) is 17.8. The second-order valence-corrected chi connectivity index (χ2v) is 9.00. The van der Waals surface area contributed by atoms with E-state index in [0.29, 0.717) is 46.0 Å². The number of aliphatic hydroxyl groups excluding tert-OH is 1. The minimum atomic E-state index is -0.627. The minimum absolute atomic E-state index is 0.00501. The Morgan fingerprint density at radius 3 is 2.75 bits per heavy atom. The number of likely N-dealkylation sites (tertiary alicyclic amines) is 1. The molecule has 0 spiro atoms. The van der Waals surface area contributed by atoms with Crippen molar-refractivity contribution in [1.29, 1.82) is 0 Å². The molecule has 2 aliphatic rings. The van der Waals surface area contributed by atoms with E-state index in [0.717, 1.165) is 12.8 Å². The van der Waals surface area contributed by atoms with Crippen LogP contribution in [0.15, 0.2) is 36.5 Å². The lowest BCUT2D eigenvalue weighted by atomic mass is 10.3. The number of benzene rings is 1. The van der Waals surface area contributed by atoms with E-state index in [-0.39, 0.29) is 23.7 Å². The Kier molecular flexibility index (Phi) is 5.40. The molecule has 1 aromatic carbocycles. The monoisotopic (exact) mass is 456 g/mol. The van der Waals surface area contributed by atoms with Gasteiger partial charge in [-0.15, -0.1) is 11.3 Å². The van der Waals surface area contributed by atoms with Gasteiger partial charge in [-0.25, -0.2) is 9.18 Å². The van der Waals surface area contributed by atoms with Crippen molar-refractivity contribution in [3.8, 4) is 11.5 Å². The number of aromatic nitrogens is 1. The molecule has 3 aromatic rings. The molecule has 1 aliphatic carbocycles. The highest BCUT2D eigenvalue weighted by molar-refractivity contribution is 7.21. The molecule has 5 rings (SSSR count). The molecule has 32 heavy (non-hydrogen) atoms. The van der Waals surface area contributed by atoms with Crippen LogP contribution < -0.4 is 15.4 Å². The normalized spacial score (nSPS) is 18.1. The number of amides is 3. The summed E-state index contributed by atoms with van der Waals surface area (Å²) in [6, 6.07) is 7.34. The maximum Gasteiger partial charge on any atom is 0.319 e. The lowest BCUT2D eigenvalue weighted by Crippen LogP contribution is -2.30. The van der Waals surface area contributed by atoms with E-state index in [1.165, 1.54) is 29.7 Å². The summed E-state index contributed by atoms with van der Waals surface area (Å²) >= 11 is 1.22. The lowest BCUT2D eigenvalue weighted by molar-refractivity contribution is 0.0769. The van der Waals surface area contributed by atoms with Gasteiger partial charge in [-0.2, -0.15) is 0 Å². The summed E-state index contributed by atoms with van der Waals surface area (Å²) in [6.45, 7) is 0.823. The smallest absolute Gasteiger partial charge is 0.319 e. The van der Waals surface area contributed by atoms with Crippen LogP contribution in [0.25, 0.3) is 10.2 Å². The number of thiophene rings is 1. The SMILES string of the molecule is O=C(Nc1ccc(Oc2ccnc3cc(C(=O)N4CCC(O)C4)sc23)c(F)c1)NC1CC1. The third-order valence-electron chi connectivity index (χ3n) is 5.36. The van der Waals surface area contributed by atoms with Crippen molar-refractivity contribution in [2.24, 2.45) is 0 Å². The van der Waals surface area contributed by atoms with Crippen LogP contribution in [0.4, 0.5) is 14.9 Å². The molecule has 1 aliphatic heterocycles. The molecule has 3 heterocycles. The molecule has 166 valence electrons. The molecule has 1 saturated carbocycles. The van der Waals surface area contributed by atoms with Crippen molar-refractivity contribution in [3.05, 3.63) is 47.2 Å². The van der Waals surface area contributed by atoms with Crippen LogP contribution in [0, 0.1) is 5.82 Å². The maximum absolute atomic E-state index is 14.6. The van der Waals surface area contributed by atoms with Gasteiger partial charge in [-0.05, 0) is 37.5 Å². The predicted molar refractivity (Wildman–Crippen MR) is 118 cm³/mol. The van der Waals surface area contributed by atoms with Gasteiger partial charge in [0.15, 0.2) is 11.6 Å². The van der Waals surface area contributed by atoms with Crippen LogP contribution in [-0.4, -0.2) is 52.2 Å².